The number of aromatic nitrogens is 1. The molecule has 1 aromatic heterocycles. The van der Waals surface area contributed by atoms with E-state index in [1.165, 1.54) is 24.0 Å². The van der Waals surface area contributed by atoms with Crippen molar-refractivity contribution < 1.29 is 0 Å². The van der Waals surface area contributed by atoms with E-state index in [0.717, 1.165) is 6.54 Å². The number of rotatable bonds is 3. The first-order valence-electron chi connectivity index (χ1n) is 5.52. The molecular weight excluding hydrogens is 184 g/mol. The van der Waals surface area contributed by atoms with Gasteiger partial charge in [-0.25, -0.2) is 0 Å². The van der Waals surface area contributed by atoms with Crippen molar-refractivity contribution in [2.75, 3.05) is 20.6 Å². The lowest BCUT2D eigenvalue weighted by molar-refractivity contribution is 0.361. The normalized spacial score (nSPS) is 20.7. The van der Waals surface area contributed by atoms with E-state index in [1.807, 2.05) is 18.5 Å². The molecule has 0 spiro atoms. The molecule has 0 N–H and O–H groups in total. The van der Waals surface area contributed by atoms with Crippen LogP contribution in [0.3, 0.4) is 0 Å². The summed E-state index contributed by atoms with van der Waals surface area (Å²) >= 11 is 0. The summed E-state index contributed by atoms with van der Waals surface area (Å²) in [5.41, 5.74) is 2.78. The molecule has 2 heteroatoms. The molecule has 1 heterocycles. The van der Waals surface area contributed by atoms with Gasteiger partial charge in [0.25, 0.3) is 0 Å². The van der Waals surface area contributed by atoms with E-state index in [4.69, 9.17) is 0 Å². The number of pyridine rings is 1. The van der Waals surface area contributed by atoms with Crippen molar-refractivity contribution in [2.45, 2.75) is 12.8 Å². The van der Waals surface area contributed by atoms with E-state index < -0.39 is 0 Å². The molecule has 0 saturated carbocycles. The van der Waals surface area contributed by atoms with Crippen LogP contribution in [-0.2, 0) is 0 Å². The van der Waals surface area contributed by atoms with Crippen molar-refractivity contribution in [2.24, 2.45) is 5.92 Å². The Morgan fingerprint density at radius 3 is 3.00 bits per heavy atom. The Kier molecular flexibility index (Phi) is 3.17. The van der Waals surface area contributed by atoms with E-state index in [9.17, 15) is 0 Å². The predicted molar refractivity (Wildman–Crippen MR) is 63.5 cm³/mol. The second kappa shape index (κ2) is 4.58. The van der Waals surface area contributed by atoms with Crippen LogP contribution in [0.25, 0.3) is 5.57 Å². The van der Waals surface area contributed by atoms with Gasteiger partial charge in [-0.05, 0) is 50.1 Å². The zero-order valence-corrected chi connectivity index (χ0v) is 9.48. The third-order valence-electron chi connectivity index (χ3n) is 2.90. The molecule has 15 heavy (non-hydrogen) atoms. The molecule has 1 aromatic rings. The van der Waals surface area contributed by atoms with Crippen molar-refractivity contribution >= 4 is 5.57 Å². The van der Waals surface area contributed by atoms with E-state index in [2.05, 4.69) is 36.1 Å². The standard InChI is InChI=1S/C13H18N2/c1-15(2)10-12-5-3-7-13(12)11-6-4-8-14-9-11/h4,6-9,12H,3,5,10H2,1-2H3. The van der Waals surface area contributed by atoms with Crippen LogP contribution in [0.15, 0.2) is 30.6 Å². The molecule has 0 saturated heterocycles. The lowest BCUT2D eigenvalue weighted by Crippen LogP contribution is -2.21. The molecular formula is C13H18N2. The lowest BCUT2D eigenvalue weighted by Gasteiger charge is -2.19. The smallest absolute Gasteiger partial charge is 0.0343 e. The van der Waals surface area contributed by atoms with Gasteiger partial charge in [0.2, 0.25) is 0 Å². The second-order valence-electron chi connectivity index (χ2n) is 4.44. The Hall–Kier alpha value is -1.15. The van der Waals surface area contributed by atoms with Crippen LogP contribution in [0.4, 0.5) is 0 Å². The van der Waals surface area contributed by atoms with Crippen LogP contribution >= 0.6 is 0 Å². The maximum atomic E-state index is 4.19. The summed E-state index contributed by atoms with van der Waals surface area (Å²) in [5.74, 6) is 0.684. The molecule has 0 amide bonds. The van der Waals surface area contributed by atoms with Gasteiger partial charge < -0.3 is 4.90 Å². The fourth-order valence-corrected chi connectivity index (χ4v) is 2.28. The summed E-state index contributed by atoms with van der Waals surface area (Å²) in [6, 6.07) is 4.17. The fourth-order valence-electron chi connectivity index (χ4n) is 2.28. The van der Waals surface area contributed by atoms with Crippen molar-refractivity contribution in [3.05, 3.63) is 36.2 Å². The minimum absolute atomic E-state index is 0.684. The van der Waals surface area contributed by atoms with Crippen molar-refractivity contribution in [3.63, 3.8) is 0 Å². The van der Waals surface area contributed by atoms with Gasteiger partial charge in [-0.15, -0.1) is 0 Å². The van der Waals surface area contributed by atoms with Gasteiger partial charge in [0.05, 0.1) is 0 Å². The summed E-state index contributed by atoms with van der Waals surface area (Å²) in [7, 11) is 4.28. The Morgan fingerprint density at radius 1 is 1.47 bits per heavy atom. The van der Waals surface area contributed by atoms with Gasteiger partial charge >= 0.3 is 0 Å². The third-order valence-corrected chi connectivity index (χ3v) is 2.90. The van der Waals surface area contributed by atoms with Crippen molar-refractivity contribution in [3.8, 4) is 0 Å². The van der Waals surface area contributed by atoms with Gasteiger partial charge in [-0.3, -0.25) is 4.98 Å². The molecule has 1 aliphatic rings. The Bertz CT molecular complexity index is 341. The number of hydrogen-bond donors (Lipinski definition) is 0. The zero-order chi connectivity index (χ0) is 10.7. The van der Waals surface area contributed by atoms with Gasteiger partial charge in [0, 0.05) is 18.9 Å². The molecule has 2 rings (SSSR count). The highest BCUT2D eigenvalue weighted by Crippen LogP contribution is 2.33. The fraction of sp³-hybridized carbons (Fsp3) is 0.462. The summed E-state index contributed by atoms with van der Waals surface area (Å²) in [4.78, 5) is 6.45. The monoisotopic (exact) mass is 202 g/mol. The number of nitrogens with zero attached hydrogens (tertiary/aromatic N) is 2. The molecule has 0 fully saturated rings. The maximum Gasteiger partial charge on any atom is 0.0343 e. The maximum absolute atomic E-state index is 4.19. The molecule has 2 nitrogen and oxygen atoms in total. The highest BCUT2D eigenvalue weighted by atomic mass is 15.1. The largest absolute Gasteiger partial charge is 0.309 e. The molecule has 0 aromatic carbocycles. The molecule has 0 aliphatic heterocycles. The quantitative estimate of drug-likeness (QED) is 0.748. The summed E-state index contributed by atoms with van der Waals surface area (Å²) in [6.45, 7) is 1.14. The summed E-state index contributed by atoms with van der Waals surface area (Å²) < 4.78 is 0. The average Bonchev–Trinajstić information content (AvgIpc) is 2.66. The summed E-state index contributed by atoms with van der Waals surface area (Å²) in [6.07, 6.45) is 8.66. The lowest BCUT2D eigenvalue weighted by atomic mass is 9.96. The minimum Gasteiger partial charge on any atom is -0.309 e. The molecule has 0 bridgehead atoms. The van der Waals surface area contributed by atoms with E-state index in [-0.39, 0.29) is 0 Å². The highest BCUT2D eigenvalue weighted by Gasteiger charge is 2.20. The SMILES string of the molecule is CN(C)CC1CCC=C1c1cccnc1. The Morgan fingerprint density at radius 2 is 2.33 bits per heavy atom. The minimum atomic E-state index is 0.684. The summed E-state index contributed by atoms with van der Waals surface area (Å²) in [5, 5.41) is 0. The molecule has 80 valence electrons. The molecule has 0 radical (unpaired) electrons. The predicted octanol–water partition coefficient (Wildman–Crippen LogP) is 2.44. The zero-order valence-electron chi connectivity index (χ0n) is 9.48. The van der Waals surface area contributed by atoms with Crippen LogP contribution in [0.2, 0.25) is 0 Å². The second-order valence-corrected chi connectivity index (χ2v) is 4.44. The van der Waals surface area contributed by atoms with Crippen LogP contribution in [0.5, 0.6) is 0 Å². The first-order chi connectivity index (χ1) is 7.27. The van der Waals surface area contributed by atoms with Crippen LogP contribution in [-0.4, -0.2) is 30.5 Å². The van der Waals surface area contributed by atoms with Gasteiger partial charge in [0.15, 0.2) is 0 Å². The Balaban J connectivity index is 2.15. The Labute approximate surface area is 91.6 Å². The number of hydrogen-bond acceptors (Lipinski definition) is 2. The molecule has 1 atom stereocenters. The van der Waals surface area contributed by atoms with Crippen LogP contribution < -0.4 is 0 Å². The topological polar surface area (TPSA) is 16.1 Å². The van der Waals surface area contributed by atoms with Crippen molar-refractivity contribution in [1.82, 2.24) is 9.88 Å². The van der Waals surface area contributed by atoms with Gasteiger partial charge in [0.1, 0.15) is 0 Å². The molecule has 1 unspecified atom stereocenters. The highest BCUT2D eigenvalue weighted by molar-refractivity contribution is 5.68. The average molecular weight is 202 g/mol. The van der Waals surface area contributed by atoms with E-state index in [1.54, 1.807) is 0 Å². The van der Waals surface area contributed by atoms with Gasteiger partial charge in [-0.1, -0.05) is 12.1 Å². The van der Waals surface area contributed by atoms with Crippen LogP contribution in [0.1, 0.15) is 18.4 Å². The number of allylic oxidation sites excluding steroid dienone is 1. The van der Waals surface area contributed by atoms with E-state index in [0.29, 0.717) is 5.92 Å². The van der Waals surface area contributed by atoms with Crippen molar-refractivity contribution in [1.29, 1.82) is 0 Å². The van der Waals surface area contributed by atoms with Gasteiger partial charge in [-0.2, -0.15) is 0 Å². The molecule has 1 aliphatic carbocycles. The van der Waals surface area contributed by atoms with Crippen LogP contribution in [0, 0.1) is 5.92 Å². The third kappa shape index (κ3) is 2.45. The first-order valence-corrected chi connectivity index (χ1v) is 5.52. The first kappa shape index (κ1) is 10.4. The van der Waals surface area contributed by atoms with E-state index >= 15 is 0 Å².